The molecule has 1 aliphatic heterocycles. The minimum atomic E-state index is -0.166. The summed E-state index contributed by atoms with van der Waals surface area (Å²) in [6.45, 7) is 2.08. The molecule has 2 heterocycles. The van der Waals surface area contributed by atoms with E-state index in [1.165, 1.54) is 0 Å². The van der Waals surface area contributed by atoms with Crippen LogP contribution in [0.4, 0.5) is 0 Å². The van der Waals surface area contributed by atoms with Crippen LogP contribution in [0.5, 0.6) is 5.75 Å². The zero-order valence-corrected chi connectivity index (χ0v) is 14.0. The van der Waals surface area contributed by atoms with Crippen LogP contribution in [0, 0.1) is 5.92 Å². The lowest BCUT2D eigenvalue weighted by atomic mass is 9.95. The number of benzene rings is 1. The molecule has 0 fully saturated rings. The molecule has 7 nitrogen and oxygen atoms in total. The maximum atomic E-state index is 12.7. The zero-order chi connectivity index (χ0) is 16.9. The van der Waals surface area contributed by atoms with Gasteiger partial charge in [0.05, 0.1) is 19.1 Å². The Labute approximate surface area is 141 Å². The van der Waals surface area contributed by atoms with E-state index >= 15 is 0 Å². The molecule has 2 aromatic rings. The van der Waals surface area contributed by atoms with Gasteiger partial charge >= 0.3 is 0 Å². The molecular weight excluding hydrogens is 308 g/mol. The van der Waals surface area contributed by atoms with Gasteiger partial charge in [-0.2, -0.15) is 0 Å². The largest absolute Gasteiger partial charge is 0.492 e. The molecule has 128 valence electrons. The summed E-state index contributed by atoms with van der Waals surface area (Å²) in [5.41, 5.74) is 1.08. The molecule has 0 saturated heterocycles. The third-order valence-electron chi connectivity index (χ3n) is 4.22. The summed E-state index contributed by atoms with van der Waals surface area (Å²) < 4.78 is 12.7. The van der Waals surface area contributed by atoms with Crippen molar-refractivity contribution in [1.29, 1.82) is 0 Å². The lowest BCUT2D eigenvalue weighted by Gasteiger charge is -2.28. The van der Waals surface area contributed by atoms with Crippen molar-refractivity contribution in [2.75, 3.05) is 27.4 Å². The highest BCUT2D eigenvalue weighted by Crippen LogP contribution is 2.27. The first-order valence-corrected chi connectivity index (χ1v) is 8.00. The molecule has 1 atom stereocenters. The number of aromatic nitrogens is 3. The van der Waals surface area contributed by atoms with Crippen molar-refractivity contribution in [2.45, 2.75) is 19.5 Å². The Kier molecular flexibility index (Phi) is 5.10. The van der Waals surface area contributed by atoms with Gasteiger partial charge in [-0.05, 0) is 18.1 Å². The summed E-state index contributed by atoms with van der Waals surface area (Å²) in [6, 6.07) is 7.87. The second-order valence-corrected chi connectivity index (χ2v) is 5.95. The van der Waals surface area contributed by atoms with E-state index in [1.54, 1.807) is 25.4 Å². The van der Waals surface area contributed by atoms with Gasteiger partial charge in [0.2, 0.25) is 5.91 Å². The Morgan fingerprint density at radius 2 is 2.29 bits per heavy atom. The summed E-state index contributed by atoms with van der Waals surface area (Å²) in [6.07, 6.45) is 2.36. The van der Waals surface area contributed by atoms with E-state index in [4.69, 9.17) is 9.47 Å². The Morgan fingerprint density at radius 1 is 1.46 bits per heavy atom. The van der Waals surface area contributed by atoms with Gasteiger partial charge in [-0.3, -0.25) is 4.79 Å². The number of rotatable bonds is 6. The number of methoxy groups -OCH3 is 1. The summed E-state index contributed by atoms with van der Waals surface area (Å²) >= 11 is 0. The van der Waals surface area contributed by atoms with Gasteiger partial charge in [0.15, 0.2) is 5.82 Å². The number of fused-ring (bicyclic) bond motifs is 1. The molecular formula is C17H22N4O3. The monoisotopic (exact) mass is 330 g/mol. The molecule has 1 aromatic heterocycles. The summed E-state index contributed by atoms with van der Waals surface area (Å²) in [7, 11) is 3.44. The van der Waals surface area contributed by atoms with Gasteiger partial charge < -0.3 is 18.9 Å². The van der Waals surface area contributed by atoms with E-state index in [0.717, 1.165) is 17.1 Å². The van der Waals surface area contributed by atoms with E-state index in [-0.39, 0.29) is 11.8 Å². The number of hydrogen-bond acceptors (Lipinski definition) is 5. The highest BCUT2D eigenvalue weighted by Gasteiger charge is 2.28. The molecule has 0 radical (unpaired) electrons. The van der Waals surface area contributed by atoms with Crippen LogP contribution in [0.1, 0.15) is 11.4 Å². The van der Waals surface area contributed by atoms with Gasteiger partial charge in [0, 0.05) is 20.7 Å². The van der Waals surface area contributed by atoms with Crippen LogP contribution in [0.3, 0.4) is 0 Å². The van der Waals surface area contributed by atoms with E-state index in [2.05, 4.69) is 10.2 Å². The Bertz CT molecular complexity index is 701. The minimum absolute atomic E-state index is 0.0609. The molecule has 0 aliphatic carbocycles. The van der Waals surface area contributed by atoms with Crippen molar-refractivity contribution in [1.82, 2.24) is 19.7 Å². The molecule has 1 unspecified atom stereocenters. The Hall–Kier alpha value is -2.41. The fraction of sp³-hybridized carbons (Fsp3) is 0.471. The summed E-state index contributed by atoms with van der Waals surface area (Å²) in [5.74, 6) is 1.52. The molecule has 0 saturated carbocycles. The lowest BCUT2D eigenvalue weighted by Crippen LogP contribution is -2.38. The number of nitrogens with zero attached hydrogens (tertiary/aromatic N) is 4. The fourth-order valence-electron chi connectivity index (χ4n) is 2.87. The van der Waals surface area contributed by atoms with Gasteiger partial charge in [-0.1, -0.05) is 18.2 Å². The third kappa shape index (κ3) is 3.56. The maximum Gasteiger partial charge on any atom is 0.229 e. The normalized spacial score (nSPS) is 16.3. The molecule has 7 heteroatoms. The summed E-state index contributed by atoms with van der Waals surface area (Å²) in [4.78, 5) is 14.4. The number of ether oxygens (including phenoxy) is 2. The molecule has 24 heavy (non-hydrogen) atoms. The number of hydrogen-bond donors (Lipinski definition) is 0. The average molecular weight is 330 g/mol. The van der Waals surface area contributed by atoms with Crippen molar-refractivity contribution in [3.63, 3.8) is 0 Å². The van der Waals surface area contributed by atoms with Crippen molar-refractivity contribution < 1.29 is 14.3 Å². The van der Waals surface area contributed by atoms with E-state index in [0.29, 0.717) is 32.7 Å². The van der Waals surface area contributed by atoms with Crippen LogP contribution in [-0.4, -0.2) is 52.9 Å². The molecule has 0 N–H and O–H groups in total. The van der Waals surface area contributed by atoms with Crippen LogP contribution in [0.15, 0.2) is 30.6 Å². The first-order chi connectivity index (χ1) is 11.7. The Balaban J connectivity index is 1.62. The first-order valence-electron chi connectivity index (χ1n) is 8.00. The smallest absolute Gasteiger partial charge is 0.229 e. The lowest BCUT2D eigenvalue weighted by molar-refractivity contribution is -0.136. The standard InChI is InChI=1S/C17H22N4O3/c1-20(10-16-19-18-12-21(16)7-8-23-2)17(22)14-9-13-5-3-4-6-15(13)24-11-14/h3-6,12,14H,7-11H2,1-2H3. The second kappa shape index (κ2) is 7.44. The minimum Gasteiger partial charge on any atom is -0.492 e. The highest BCUT2D eigenvalue weighted by molar-refractivity contribution is 5.79. The number of carbonyl (C=O) groups excluding carboxylic acids is 1. The van der Waals surface area contributed by atoms with Crippen molar-refractivity contribution >= 4 is 5.91 Å². The predicted octanol–water partition coefficient (Wildman–Crippen LogP) is 1.13. The zero-order valence-electron chi connectivity index (χ0n) is 14.0. The van der Waals surface area contributed by atoms with Crippen molar-refractivity contribution in [3.05, 3.63) is 42.0 Å². The fourth-order valence-corrected chi connectivity index (χ4v) is 2.87. The van der Waals surface area contributed by atoms with Crippen LogP contribution in [0.25, 0.3) is 0 Å². The quantitative estimate of drug-likeness (QED) is 0.794. The number of para-hydroxylation sites is 1. The Morgan fingerprint density at radius 3 is 3.12 bits per heavy atom. The predicted molar refractivity (Wildman–Crippen MR) is 87.5 cm³/mol. The van der Waals surface area contributed by atoms with Crippen LogP contribution >= 0.6 is 0 Å². The van der Waals surface area contributed by atoms with E-state index in [1.807, 2.05) is 28.8 Å². The maximum absolute atomic E-state index is 12.7. The SMILES string of the molecule is COCCn1cnnc1CN(C)C(=O)C1COc2ccccc2C1. The summed E-state index contributed by atoms with van der Waals surface area (Å²) in [5, 5.41) is 8.03. The first kappa shape index (κ1) is 16.4. The van der Waals surface area contributed by atoms with Gasteiger partial charge in [-0.15, -0.1) is 10.2 Å². The van der Waals surface area contributed by atoms with Gasteiger partial charge in [0.25, 0.3) is 0 Å². The third-order valence-corrected chi connectivity index (χ3v) is 4.22. The van der Waals surface area contributed by atoms with Gasteiger partial charge in [0.1, 0.15) is 18.7 Å². The molecule has 1 aromatic carbocycles. The number of amides is 1. The van der Waals surface area contributed by atoms with E-state index < -0.39 is 0 Å². The molecule has 0 bridgehead atoms. The second-order valence-electron chi connectivity index (χ2n) is 5.95. The molecule has 1 aliphatic rings. The van der Waals surface area contributed by atoms with Crippen molar-refractivity contribution in [2.24, 2.45) is 5.92 Å². The van der Waals surface area contributed by atoms with Gasteiger partial charge in [-0.25, -0.2) is 0 Å². The van der Waals surface area contributed by atoms with E-state index in [9.17, 15) is 4.79 Å². The molecule has 3 rings (SSSR count). The number of carbonyl (C=O) groups is 1. The van der Waals surface area contributed by atoms with Crippen LogP contribution in [-0.2, 0) is 29.0 Å². The van der Waals surface area contributed by atoms with Crippen LogP contribution < -0.4 is 4.74 Å². The topological polar surface area (TPSA) is 69.5 Å². The molecule has 1 amide bonds. The highest BCUT2D eigenvalue weighted by atomic mass is 16.5. The average Bonchev–Trinajstić information content (AvgIpc) is 3.05. The van der Waals surface area contributed by atoms with Crippen LogP contribution in [0.2, 0.25) is 0 Å². The molecule has 0 spiro atoms. The van der Waals surface area contributed by atoms with Crippen molar-refractivity contribution in [3.8, 4) is 5.75 Å².